The summed E-state index contributed by atoms with van der Waals surface area (Å²) in [5, 5.41) is 3.37. The molecular weight excluding hydrogens is 265 g/mol. The first kappa shape index (κ1) is 15.7. The van der Waals surface area contributed by atoms with Crippen LogP contribution >= 0.6 is 0 Å². The molecule has 2 aromatic carbocycles. The van der Waals surface area contributed by atoms with Crippen LogP contribution in [0.5, 0.6) is 0 Å². The summed E-state index contributed by atoms with van der Waals surface area (Å²) in [6.45, 7) is 4.36. The van der Waals surface area contributed by atoms with Gasteiger partial charge in [-0.05, 0) is 36.2 Å². The molecule has 0 bridgehead atoms. The molecule has 0 radical (unpaired) electrons. The first-order chi connectivity index (χ1) is 10.3. The van der Waals surface area contributed by atoms with E-state index < -0.39 is 0 Å². The van der Waals surface area contributed by atoms with Crippen molar-refractivity contribution in [3.8, 4) is 0 Å². The van der Waals surface area contributed by atoms with E-state index in [-0.39, 0.29) is 11.9 Å². The van der Waals surface area contributed by atoms with Crippen molar-refractivity contribution in [3.63, 3.8) is 0 Å². The Bertz CT molecular complexity index is 513. The molecule has 0 aromatic heterocycles. The van der Waals surface area contributed by atoms with Gasteiger partial charge >= 0.3 is 0 Å². The normalized spacial score (nSPS) is 12.3. The maximum atomic E-state index is 13.1. The summed E-state index contributed by atoms with van der Waals surface area (Å²) < 4.78 is 19.1. The zero-order chi connectivity index (χ0) is 14.9. The van der Waals surface area contributed by atoms with E-state index in [2.05, 4.69) is 12.2 Å². The van der Waals surface area contributed by atoms with Crippen molar-refractivity contribution >= 4 is 0 Å². The van der Waals surface area contributed by atoms with Crippen molar-refractivity contribution in [2.45, 2.75) is 26.1 Å². The van der Waals surface area contributed by atoms with E-state index in [0.717, 1.165) is 30.6 Å². The van der Waals surface area contributed by atoms with Gasteiger partial charge in [0, 0.05) is 6.54 Å². The summed E-state index contributed by atoms with van der Waals surface area (Å²) >= 11 is 0. The Morgan fingerprint density at radius 1 is 1.05 bits per heavy atom. The number of hydrogen-bond donors (Lipinski definition) is 1. The third-order valence-corrected chi connectivity index (χ3v) is 3.29. The zero-order valence-corrected chi connectivity index (χ0v) is 12.4. The van der Waals surface area contributed by atoms with Gasteiger partial charge in [0.2, 0.25) is 0 Å². The molecule has 0 aliphatic carbocycles. The minimum atomic E-state index is -0.220. The van der Waals surface area contributed by atoms with Gasteiger partial charge in [-0.1, -0.05) is 49.4 Å². The van der Waals surface area contributed by atoms with Crippen molar-refractivity contribution in [3.05, 3.63) is 71.5 Å². The molecule has 0 fully saturated rings. The molecular formula is C18H22FNO. The number of hydrogen-bond acceptors (Lipinski definition) is 2. The van der Waals surface area contributed by atoms with Gasteiger partial charge in [-0.2, -0.15) is 0 Å². The largest absolute Gasteiger partial charge is 0.368 e. The number of nitrogens with one attached hydrogen (secondary N) is 1. The molecule has 0 spiro atoms. The fraction of sp³-hybridized carbons (Fsp3) is 0.333. The van der Waals surface area contributed by atoms with Crippen LogP contribution in [-0.4, -0.2) is 13.1 Å². The molecule has 0 aliphatic heterocycles. The van der Waals surface area contributed by atoms with E-state index in [1.54, 1.807) is 12.1 Å². The van der Waals surface area contributed by atoms with Crippen molar-refractivity contribution in [2.75, 3.05) is 13.1 Å². The predicted octanol–water partition coefficient (Wildman–Crippen LogP) is 4.08. The van der Waals surface area contributed by atoms with Crippen LogP contribution in [0.4, 0.5) is 4.39 Å². The highest BCUT2D eigenvalue weighted by molar-refractivity contribution is 5.19. The Morgan fingerprint density at radius 3 is 2.43 bits per heavy atom. The van der Waals surface area contributed by atoms with Crippen molar-refractivity contribution in [1.82, 2.24) is 5.32 Å². The van der Waals surface area contributed by atoms with Gasteiger partial charge in [0.05, 0.1) is 12.7 Å². The van der Waals surface area contributed by atoms with Gasteiger partial charge in [-0.25, -0.2) is 4.39 Å². The minimum absolute atomic E-state index is 0.0719. The lowest BCUT2D eigenvalue weighted by Gasteiger charge is -2.19. The molecule has 112 valence electrons. The quantitative estimate of drug-likeness (QED) is 0.739. The summed E-state index contributed by atoms with van der Waals surface area (Å²) in [4.78, 5) is 0. The molecule has 1 unspecified atom stereocenters. The van der Waals surface area contributed by atoms with Crippen LogP contribution in [0, 0.1) is 5.82 Å². The summed E-state index contributed by atoms with van der Waals surface area (Å²) in [6, 6.07) is 16.6. The van der Waals surface area contributed by atoms with Gasteiger partial charge in [0.1, 0.15) is 5.82 Å². The Balaban J connectivity index is 1.99. The van der Waals surface area contributed by atoms with E-state index >= 15 is 0 Å². The molecule has 1 N–H and O–H groups in total. The van der Waals surface area contributed by atoms with E-state index in [4.69, 9.17) is 4.74 Å². The van der Waals surface area contributed by atoms with E-state index in [1.807, 2.05) is 30.3 Å². The van der Waals surface area contributed by atoms with Gasteiger partial charge in [-0.3, -0.25) is 0 Å². The maximum absolute atomic E-state index is 13.1. The second-order valence-electron chi connectivity index (χ2n) is 5.04. The monoisotopic (exact) mass is 287 g/mol. The summed E-state index contributed by atoms with van der Waals surface area (Å²) in [5.74, 6) is -0.220. The number of halogens is 1. The molecule has 0 aliphatic rings. The summed E-state index contributed by atoms with van der Waals surface area (Å²) in [6.07, 6.45) is 1.01. The van der Waals surface area contributed by atoms with Crippen LogP contribution in [0.1, 0.15) is 30.6 Å². The number of benzene rings is 2. The summed E-state index contributed by atoms with van der Waals surface area (Å²) in [7, 11) is 0. The van der Waals surface area contributed by atoms with Crippen LogP contribution in [-0.2, 0) is 11.3 Å². The lowest BCUT2D eigenvalue weighted by Crippen LogP contribution is -2.24. The zero-order valence-electron chi connectivity index (χ0n) is 12.4. The highest BCUT2D eigenvalue weighted by Crippen LogP contribution is 2.19. The molecule has 21 heavy (non-hydrogen) atoms. The van der Waals surface area contributed by atoms with Crippen molar-refractivity contribution in [2.24, 2.45) is 0 Å². The van der Waals surface area contributed by atoms with Crippen LogP contribution in [0.15, 0.2) is 54.6 Å². The van der Waals surface area contributed by atoms with Crippen molar-refractivity contribution in [1.29, 1.82) is 0 Å². The Kier molecular flexibility index (Phi) is 6.38. The second-order valence-corrected chi connectivity index (χ2v) is 5.04. The second kappa shape index (κ2) is 8.55. The maximum Gasteiger partial charge on any atom is 0.123 e. The topological polar surface area (TPSA) is 21.3 Å². The molecule has 2 aromatic rings. The highest BCUT2D eigenvalue weighted by atomic mass is 19.1. The van der Waals surface area contributed by atoms with Gasteiger partial charge in [0.25, 0.3) is 0 Å². The van der Waals surface area contributed by atoms with E-state index in [9.17, 15) is 4.39 Å². The average Bonchev–Trinajstić information content (AvgIpc) is 2.53. The van der Waals surface area contributed by atoms with Gasteiger partial charge < -0.3 is 10.1 Å². The molecule has 0 amide bonds. The molecule has 0 heterocycles. The van der Waals surface area contributed by atoms with Crippen LogP contribution in [0.25, 0.3) is 0 Å². The molecule has 2 nitrogen and oxygen atoms in total. The lowest BCUT2D eigenvalue weighted by molar-refractivity contribution is 0.0399. The fourth-order valence-corrected chi connectivity index (χ4v) is 2.13. The number of rotatable bonds is 8. The van der Waals surface area contributed by atoms with E-state index in [1.165, 1.54) is 12.1 Å². The van der Waals surface area contributed by atoms with Crippen LogP contribution in [0.3, 0.4) is 0 Å². The van der Waals surface area contributed by atoms with Crippen molar-refractivity contribution < 1.29 is 9.13 Å². The first-order valence-corrected chi connectivity index (χ1v) is 7.41. The van der Waals surface area contributed by atoms with Gasteiger partial charge in [-0.15, -0.1) is 0 Å². The Morgan fingerprint density at radius 2 is 1.76 bits per heavy atom. The predicted molar refractivity (Wildman–Crippen MR) is 83.5 cm³/mol. The minimum Gasteiger partial charge on any atom is -0.368 e. The SMILES string of the molecule is CCCNCC(OCc1ccccc1)c1ccc(F)cc1. The molecule has 2 rings (SSSR count). The standard InChI is InChI=1S/C18H22FNO/c1-2-12-20-13-18(16-8-10-17(19)11-9-16)21-14-15-6-4-3-5-7-15/h3-11,18,20H,2,12-14H2,1H3. The first-order valence-electron chi connectivity index (χ1n) is 7.41. The summed E-state index contributed by atoms with van der Waals surface area (Å²) in [5.41, 5.74) is 2.14. The van der Waals surface area contributed by atoms with Crippen LogP contribution < -0.4 is 5.32 Å². The number of ether oxygens (including phenoxy) is 1. The lowest BCUT2D eigenvalue weighted by atomic mass is 10.1. The average molecular weight is 287 g/mol. The fourth-order valence-electron chi connectivity index (χ4n) is 2.13. The molecule has 1 atom stereocenters. The smallest absolute Gasteiger partial charge is 0.123 e. The highest BCUT2D eigenvalue weighted by Gasteiger charge is 2.12. The molecule has 3 heteroatoms. The molecule has 0 saturated carbocycles. The van der Waals surface area contributed by atoms with Gasteiger partial charge in [0.15, 0.2) is 0 Å². The third-order valence-electron chi connectivity index (χ3n) is 3.29. The van der Waals surface area contributed by atoms with Crippen LogP contribution in [0.2, 0.25) is 0 Å². The third kappa shape index (κ3) is 5.29. The Hall–Kier alpha value is -1.71. The molecule has 0 saturated heterocycles. The van der Waals surface area contributed by atoms with E-state index in [0.29, 0.717) is 6.61 Å². The Labute approximate surface area is 126 Å².